The van der Waals surface area contributed by atoms with Crippen molar-refractivity contribution in [1.82, 2.24) is 29.9 Å². The number of para-hydroxylation sites is 1. The van der Waals surface area contributed by atoms with Crippen LogP contribution in [-0.4, -0.2) is 29.9 Å². The molecule has 3 aromatic heterocycles. The summed E-state index contributed by atoms with van der Waals surface area (Å²) in [5.41, 5.74) is 2.74. The van der Waals surface area contributed by atoms with Crippen molar-refractivity contribution in [3.8, 4) is 5.69 Å². The smallest absolute Gasteiger partial charge is 0.237 e. The number of fused-ring (bicyclic) bond motifs is 1. The second-order valence-corrected chi connectivity index (χ2v) is 7.91. The number of hydrogen-bond acceptors (Lipinski definition) is 7. The fraction of sp³-hybridized carbons (Fsp3) is 0.0952. The van der Waals surface area contributed by atoms with Crippen LogP contribution in [0.25, 0.3) is 16.7 Å². The maximum Gasteiger partial charge on any atom is 0.237 e. The second kappa shape index (κ2) is 8.25. The van der Waals surface area contributed by atoms with E-state index in [1.165, 1.54) is 11.8 Å². The van der Waals surface area contributed by atoms with Gasteiger partial charge in [0.2, 0.25) is 5.89 Å². The number of rotatable bonds is 6. The summed E-state index contributed by atoms with van der Waals surface area (Å²) < 4.78 is 7.20. The Morgan fingerprint density at radius 2 is 1.93 bits per heavy atom. The normalized spacial score (nSPS) is 11.2. The summed E-state index contributed by atoms with van der Waals surface area (Å²) in [5.74, 6) is 1.67. The summed E-state index contributed by atoms with van der Waals surface area (Å²) >= 11 is 7.55. The number of nitrogens with zero attached hydrogens (tertiary/aromatic N) is 6. The van der Waals surface area contributed by atoms with Gasteiger partial charge < -0.3 is 4.52 Å². The maximum absolute atomic E-state index is 6.04. The van der Waals surface area contributed by atoms with Crippen LogP contribution >= 0.6 is 23.4 Å². The van der Waals surface area contributed by atoms with E-state index in [4.69, 9.17) is 16.1 Å². The van der Waals surface area contributed by atoms with Crippen LogP contribution in [0.1, 0.15) is 17.3 Å². The lowest BCUT2D eigenvalue weighted by molar-refractivity contribution is 0.386. The van der Waals surface area contributed by atoms with Crippen LogP contribution in [0.5, 0.6) is 0 Å². The van der Waals surface area contributed by atoms with Crippen molar-refractivity contribution in [2.75, 3.05) is 0 Å². The Hall–Kier alpha value is -3.23. The third-order valence-electron chi connectivity index (χ3n) is 4.42. The highest BCUT2D eigenvalue weighted by Crippen LogP contribution is 2.28. The van der Waals surface area contributed by atoms with Crippen LogP contribution < -0.4 is 0 Å². The molecule has 30 heavy (non-hydrogen) atoms. The Morgan fingerprint density at radius 1 is 1.03 bits per heavy atom. The fourth-order valence-electron chi connectivity index (χ4n) is 3.08. The van der Waals surface area contributed by atoms with Gasteiger partial charge in [-0.15, -0.1) is 0 Å². The molecule has 5 rings (SSSR count). The summed E-state index contributed by atoms with van der Waals surface area (Å²) in [4.78, 5) is 13.3. The highest BCUT2D eigenvalue weighted by atomic mass is 35.5. The molecule has 0 saturated heterocycles. The zero-order valence-corrected chi connectivity index (χ0v) is 17.2. The zero-order chi connectivity index (χ0) is 20.3. The molecule has 0 bridgehead atoms. The first kappa shape index (κ1) is 18.8. The van der Waals surface area contributed by atoms with E-state index in [0.29, 0.717) is 28.9 Å². The van der Waals surface area contributed by atoms with Gasteiger partial charge in [0.15, 0.2) is 11.5 Å². The first-order chi connectivity index (χ1) is 14.8. The van der Waals surface area contributed by atoms with Gasteiger partial charge in [0.05, 0.1) is 23.0 Å². The van der Waals surface area contributed by atoms with E-state index in [1.54, 1.807) is 17.2 Å². The molecule has 0 aliphatic heterocycles. The van der Waals surface area contributed by atoms with Crippen molar-refractivity contribution >= 4 is 34.4 Å². The van der Waals surface area contributed by atoms with E-state index in [2.05, 4.69) is 25.2 Å². The van der Waals surface area contributed by atoms with Gasteiger partial charge in [-0.1, -0.05) is 58.9 Å². The van der Waals surface area contributed by atoms with Crippen molar-refractivity contribution in [3.05, 3.63) is 89.4 Å². The molecular weight excluding hydrogens is 420 g/mol. The average Bonchev–Trinajstić information content (AvgIpc) is 3.40. The lowest BCUT2D eigenvalue weighted by Crippen LogP contribution is -1.97. The zero-order valence-electron chi connectivity index (χ0n) is 15.6. The Kier molecular flexibility index (Phi) is 5.17. The molecule has 148 valence electrons. The molecule has 5 aromatic rings. The van der Waals surface area contributed by atoms with Gasteiger partial charge in [0, 0.05) is 11.4 Å². The standard InChI is InChI=1S/C21H15ClN6OS/c22-15-6-4-5-14(9-15)10-18-26-19(29-27-18)12-30-21-17-11-25-28(20(17)23-13-24-21)16-7-2-1-3-8-16/h1-9,11,13H,10,12H2. The number of halogens is 1. The molecule has 0 saturated carbocycles. The molecule has 0 spiro atoms. The molecule has 0 aliphatic carbocycles. The van der Waals surface area contributed by atoms with Crippen LogP contribution in [0, 0.1) is 0 Å². The Morgan fingerprint density at radius 3 is 2.80 bits per heavy atom. The lowest BCUT2D eigenvalue weighted by atomic mass is 10.1. The predicted molar refractivity (Wildman–Crippen MR) is 115 cm³/mol. The van der Waals surface area contributed by atoms with Gasteiger partial charge in [0.25, 0.3) is 0 Å². The van der Waals surface area contributed by atoms with Gasteiger partial charge in [0.1, 0.15) is 11.4 Å². The van der Waals surface area contributed by atoms with Crippen molar-refractivity contribution in [3.63, 3.8) is 0 Å². The molecule has 0 radical (unpaired) electrons. The lowest BCUT2D eigenvalue weighted by Gasteiger charge is -2.03. The third kappa shape index (κ3) is 3.92. The van der Waals surface area contributed by atoms with Gasteiger partial charge in [-0.05, 0) is 29.8 Å². The molecule has 0 unspecified atom stereocenters. The molecule has 0 N–H and O–H groups in total. The van der Waals surface area contributed by atoms with E-state index in [1.807, 2.05) is 54.6 Å². The topological polar surface area (TPSA) is 82.5 Å². The molecule has 9 heteroatoms. The number of benzene rings is 2. The first-order valence-electron chi connectivity index (χ1n) is 9.19. The molecule has 7 nitrogen and oxygen atoms in total. The third-order valence-corrected chi connectivity index (χ3v) is 5.65. The molecular formula is C21H15ClN6OS. The number of thioether (sulfide) groups is 1. The van der Waals surface area contributed by atoms with Crippen molar-refractivity contribution in [2.24, 2.45) is 0 Å². The molecule has 2 aromatic carbocycles. The molecule has 0 fully saturated rings. The van der Waals surface area contributed by atoms with Crippen molar-refractivity contribution in [2.45, 2.75) is 17.2 Å². The monoisotopic (exact) mass is 434 g/mol. The fourth-order valence-corrected chi connectivity index (χ4v) is 4.09. The summed E-state index contributed by atoms with van der Waals surface area (Å²) in [6.07, 6.45) is 3.89. The van der Waals surface area contributed by atoms with Gasteiger partial charge in [-0.2, -0.15) is 10.1 Å². The Bertz CT molecular complexity index is 1300. The van der Waals surface area contributed by atoms with Crippen LogP contribution in [0.2, 0.25) is 5.02 Å². The van der Waals surface area contributed by atoms with E-state index >= 15 is 0 Å². The highest BCUT2D eigenvalue weighted by molar-refractivity contribution is 7.98. The molecule has 0 atom stereocenters. The summed E-state index contributed by atoms with van der Waals surface area (Å²) in [6, 6.07) is 17.5. The summed E-state index contributed by atoms with van der Waals surface area (Å²) in [6.45, 7) is 0. The minimum atomic E-state index is 0.505. The van der Waals surface area contributed by atoms with Gasteiger partial charge >= 0.3 is 0 Å². The summed E-state index contributed by atoms with van der Waals surface area (Å²) in [5, 5.41) is 10.9. The predicted octanol–water partition coefficient (Wildman–Crippen LogP) is 4.74. The second-order valence-electron chi connectivity index (χ2n) is 6.51. The number of hydrogen-bond donors (Lipinski definition) is 0. The van der Waals surface area contributed by atoms with E-state index in [9.17, 15) is 0 Å². The minimum absolute atomic E-state index is 0.505. The average molecular weight is 435 g/mol. The van der Waals surface area contributed by atoms with Crippen LogP contribution in [0.4, 0.5) is 0 Å². The molecule has 3 heterocycles. The Labute approximate surface area is 181 Å². The van der Waals surface area contributed by atoms with Crippen molar-refractivity contribution in [1.29, 1.82) is 0 Å². The Balaban J connectivity index is 1.32. The largest absolute Gasteiger partial charge is 0.338 e. The van der Waals surface area contributed by atoms with Crippen LogP contribution in [-0.2, 0) is 12.2 Å². The summed E-state index contributed by atoms with van der Waals surface area (Å²) in [7, 11) is 0. The maximum atomic E-state index is 6.04. The van der Waals surface area contributed by atoms with Gasteiger partial charge in [-0.25, -0.2) is 14.6 Å². The molecule has 0 amide bonds. The number of aromatic nitrogens is 6. The van der Waals surface area contributed by atoms with Gasteiger partial charge in [-0.3, -0.25) is 0 Å². The minimum Gasteiger partial charge on any atom is -0.338 e. The van der Waals surface area contributed by atoms with Crippen LogP contribution in [0.3, 0.4) is 0 Å². The van der Waals surface area contributed by atoms with E-state index in [0.717, 1.165) is 27.3 Å². The van der Waals surface area contributed by atoms with E-state index < -0.39 is 0 Å². The quantitative estimate of drug-likeness (QED) is 0.282. The first-order valence-corrected chi connectivity index (χ1v) is 10.6. The van der Waals surface area contributed by atoms with Crippen LogP contribution in [0.15, 0.2) is 76.7 Å². The van der Waals surface area contributed by atoms with Crippen molar-refractivity contribution < 1.29 is 4.52 Å². The van der Waals surface area contributed by atoms with E-state index in [-0.39, 0.29) is 0 Å². The molecule has 0 aliphatic rings. The highest BCUT2D eigenvalue weighted by Gasteiger charge is 2.14. The SMILES string of the molecule is Clc1cccc(Cc2noc(CSc3ncnc4c3cnn4-c3ccccc3)n2)c1.